The standard InChI is InChI=1S/C29H33F2Si/c1-21(2)6-5-17-32-18-15-23(16-19-32)22-9-11-24(12-10-22)26-7-3-4-8-27(26)25-13-14-28(30)29(31)20-25/h3-4,7-14,20-21,23H,5-6,15-19H2,1-2H3. The van der Waals surface area contributed by atoms with E-state index in [1.165, 1.54) is 61.5 Å². The molecule has 3 aromatic carbocycles. The molecule has 0 nitrogen and oxygen atoms in total. The predicted molar refractivity (Wildman–Crippen MR) is 133 cm³/mol. The van der Waals surface area contributed by atoms with Crippen molar-refractivity contribution in [2.75, 3.05) is 0 Å². The summed E-state index contributed by atoms with van der Waals surface area (Å²) in [6, 6.07) is 25.4. The quantitative estimate of drug-likeness (QED) is 0.317. The number of hydrogen-bond acceptors (Lipinski definition) is 0. The van der Waals surface area contributed by atoms with E-state index in [1.54, 1.807) is 6.07 Å². The number of hydrogen-bond donors (Lipinski definition) is 0. The summed E-state index contributed by atoms with van der Waals surface area (Å²) in [4.78, 5) is 0. The molecule has 0 N–H and O–H groups in total. The first-order valence-electron chi connectivity index (χ1n) is 12.0. The van der Waals surface area contributed by atoms with Crippen LogP contribution in [0, 0.1) is 17.6 Å². The first-order chi connectivity index (χ1) is 15.5. The third kappa shape index (κ3) is 5.56. The van der Waals surface area contributed by atoms with E-state index in [9.17, 15) is 8.78 Å². The fourth-order valence-electron chi connectivity index (χ4n) is 4.95. The van der Waals surface area contributed by atoms with Gasteiger partial charge >= 0.3 is 0 Å². The van der Waals surface area contributed by atoms with Crippen LogP contribution in [-0.4, -0.2) is 8.80 Å². The van der Waals surface area contributed by atoms with Crippen LogP contribution in [0.25, 0.3) is 22.3 Å². The molecule has 0 atom stereocenters. The van der Waals surface area contributed by atoms with E-state index < -0.39 is 11.6 Å². The minimum Gasteiger partial charge on any atom is -0.204 e. The van der Waals surface area contributed by atoms with Crippen molar-refractivity contribution in [3.63, 3.8) is 0 Å². The lowest BCUT2D eigenvalue weighted by atomic mass is 9.90. The van der Waals surface area contributed by atoms with Crippen LogP contribution in [0.4, 0.5) is 8.78 Å². The van der Waals surface area contributed by atoms with Crippen LogP contribution in [0.1, 0.15) is 51.0 Å². The fourth-order valence-corrected chi connectivity index (χ4v) is 7.92. The fraction of sp³-hybridized carbons (Fsp3) is 0.379. The lowest BCUT2D eigenvalue weighted by Gasteiger charge is -2.28. The molecule has 3 heteroatoms. The summed E-state index contributed by atoms with van der Waals surface area (Å²) < 4.78 is 27.2. The predicted octanol–water partition coefficient (Wildman–Crippen LogP) is 9.11. The smallest absolute Gasteiger partial charge is 0.159 e. The van der Waals surface area contributed by atoms with E-state index in [0.717, 1.165) is 22.6 Å². The van der Waals surface area contributed by atoms with Crippen LogP contribution in [-0.2, 0) is 0 Å². The lowest BCUT2D eigenvalue weighted by Crippen LogP contribution is -2.20. The molecule has 1 aliphatic heterocycles. The maximum atomic E-state index is 13.8. The molecule has 167 valence electrons. The molecule has 4 rings (SSSR count). The Bertz CT molecular complexity index is 1020. The van der Waals surface area contributed by atoms with Gasteiger partial charge in [-0.15, -0.1) is 0 Å². The van der Waals surface area contributed by atoms with E-state index >= 15 is 0 Å². The summed E-state index contributed by atoms with van der Waals surface area (Å²) in [5.74, 6) is -0.105. The molecule has 0 saturated carbocycles. The lowest BCUT2D eigenvalue weighted by molar-refractivity contribution is 0.509. The van der Waals surface area contributed by atoms with Crippen LogP contribution < -0.4 is 0 Å². The third-order valence-corrected chi connectivity index (χ3v) is 9.91. The van der Waals surface area contributed by atoms with Gasteiger partial charge in [0.2, 0.25) is 0 Å². The van der Waals surface area contributed by atoms with Gasteiger partial charge in [-0.25, -0.2) is 8.78 Å². The molecule has 0 aliphatic carbocycles. The average Bonchev–Trinajstić information content (AvgIpc) is 2.81. The largest absolute Gasteiger partial charge is 0.204 e. The third-order valence-electron chi connectivity index (χ3n) is 6.86. The molecule has 1 fully saturated rings. The zero-order chi connectivity index (χ0) is 22.5. The number of rotatable bonds is 7. The van der Waals surface area contributed by atoms with Crippen LogP contribution in [0.2, 0.25) is 18.1 Å². The zero-order valence-corrected chi connectivity index (χ0v) is 20.2. The van der Waals surface area contributed by atoms with Gasteiger partial charge in [-0.1, -0.05) is 99.4 Å². The minimum absolute atomic E-state index is 0.134. The second-order valence-corrected chi connectivity index (χ2v) is 12.6. The van der Waals surface area contributed by atoms with E-state index in [-0.39, 0.29) is 8.80 Å². The summed E-state index contributed by atoms with van der Waals surface area (Å²) >= 11 is 0. The Morgan fingerprint density at radius 3 is 2.06 bits per heavy atom. The summed E-state index contributed by atoms with van der Waals surface area (Å²) in [7, 11) is -0.134. The van der Waals surface area contributed by atoms with E-state index in [2.05, 4.69) is 44.2 Å². The Balaban J connectivity index is 1.44. The summed E-state index contributed by atoms with van der Waals surface area (Å²) in [6.07, 6.45) is 5.47. The molecule has 0 spiro atoms. The van der Waals surface area contributed by atoms with Crippen LogP contribution >= 0.6 is 0 Å². The normalized spacial score (nSPS) is 15.4. The second-order valence-electron chi connectivity index (χ2n) is 9.61. The van der Waals surface area contributed by atoms with Gasteiger partial charge in [0.15, 0.2) is 11.6 Å². The summed E-state index contributed by atoms with van der Waals surface area (Å²) in [5.41, 5.74) is 5.23. The van der Waals surface area contributed by atoms with E-state index in [4.69, 9.17) is 0 Å². The second kappa shape index (κ2) is 10.6. The Kier molecular flexibility index (Phi) is 7.57. The molecule has 0 amide bonds. The molecule has 1 radical (unpaired) electrons. The van der Waals surface area contributed by atoms with Gasteiger partial charge < -0.3 is 0 Å². The van der Waals surface area contributed by atoms with Crippen molar-refractivity contribution < 1.29 is 8.78 Å². The summed E-state index contributed by atoms with van der Waals surface area (Å²) in [6.45, 7) is 4.66. The Hall–Kier alpha value is -2.26. The molecule has 3 aromatic rings. The molecule has 1 heterocycles. The van der Waals surface area contributed by atoms with Crippen molar-refractivity contribution >= 4 is 8.80 Å². The maximum Gasteiger partial charge on any atom is 0.159 e. The molecular formula is C29H33F2Si. The first-order valence-corrected chi connectivity index (χ1v) is 14.1. The van der Waals surface area contributed by atoms with Crippen molar-refractivity contribution in [2.45, 2.75) is 63.6 Å². The zero-order valence-electron chi connectivity index (χ0n) is 19.2. The minimum atomic E-state index is -0.813. The van der Waals surface area contributed by atoms with Crippen LogP contribution in [0.3, 0.4) is 0 Å². The van der Waals surface area contributed by atoms with Crippen molar-refractivity contribution in [3.8, 4) is 22.3 Å². The Morgan fingerprint density at radius 2 is 1.44 bits per heavy atom. The topological polar surface area (TPSA) is 0 Å². The molecule has 1 aliphatic rings. The maximum absolute atomic E-state index is 13.8. The highest BCUT2D eigenvalue weighted by Crippen LogP contribution is 2.37. The van der Waals surface area contributed by atoms with Gasteiger partial charge in [0.1, 0.15) is 0 Å². The van der Waals surface area contributed by atoms with Crippen molar-refractivity contribution in [3.05, 3.63) is 83.9 Å². The van der Waals surface area contributed by atoms with E-state index in [1.807, 2.05) is 18.2 Å². The SMILES string of the molecule is CC(C)CCC[Si]1CCC(c2ccc(-c3ccccc3-c3ccc(F)c(F)c3)cc2)CC1. The number of halogens is 2. The number of benzene rings is 3. The molecular weight excluding hydrogens is 414 g/mol. The molecule has 32 heavy (non-hydrogen) atoms. The monoisotopic (exact) mass is 447 g/mol. The van der Waals surface area contributed by atoms with Crippen LogP contribution in [0.15, 0.2) is 66.7 Å². The van der Waals surface area contributed by atoms with Gasteiger partial charge in [0, 0.05) is 8.80 Å². The average molecular weight is 448 g/mol. The van der Waals surface area contributed by atoms with Gasteiger partial charge in [-0.3, -0.25) is 0 Å². The first kappa shape index (κ1) is 22.9. The van der Waals surface area contributed by atoms with Crippen molar-refractivity contribution in [1.29, 1.82) is 0 Å². The molecule has 0 bridgehead atoms. The highest BCUT2D eigenvalue weighted by Gasteiger charge is 2.23. The van der Waals surface area contributed by atoms with Crippen molar-refractivity contribution in [1.82, 2.24) is 0 Å². The Morgan fingerprint density at radius 1 is 0.812 bits per heavy atom. The van der Waals surface area contributed by atoms with Gasteiger partial charge in [-0.05, 0) is 64.6 Å². The van der Waals surface area contributed by atoms with Gasteiger partial charge in [-0.2, -0.15) is 0 Å². The van der Waals surface area contributed by atoms with Gasteiger partial charge in [0.25, 0.3) is 0 Å². The Labute approximate surface area is 193 Å². The van der Waals surface area contributed by atoms with Crippen LogP contribution in [0.5, 0.6) is 0 Å². The van der Waals surface area contributed by atoms with E-state index in [0.29, 0.717) is 11.5 Å². The summed E-state index contributed by atoms with van der Waals surface area (Å²) in [5, 5.41) is 0. The molecule has 0 unspecified atom stereocenters. The van der Waals surface area contributed by atoms with Gasteiger partial charge in [0.05, 0.1) is 0 Å². The highest BCUT2D eigenvalue weighted by atomic mass is 28.3. The van der Waals surface area contributed by atoms with Crippen molar-refractivity contribution in [2.24, 2.45) is 5.92 Å². The molecule has 1 saturated heterocycles. The molecule has 0 aromatic heterocycles. The highest BCUT2D eigenvalue weighted by molar-refractivity contribution is 6.59.